The lowest BCUT2D eigenvalue weighted by Gasteiger charge is -2.15. The molecule has 2 unspecified atom stereocenters. The maximum atomic E-state index is 10.6. The van der Waals surface area contributed by atoms with Crippen LogP contribution in [-0.4, -0.2) is 9.75 Å². The predicted octanol–water partition coefficient (Wildman–Crippen LogP) is 4.09. The maximum Gasteiger partial charge on any atom is 0.270 e. The van der Waals surface area contributed by atoms with Gasteiger partial charge in [0.05, 0.1) is 4.92 Å². The van der Waals surface area contributed by atoms with E-state index in [9.17, 15) is 10.1 Å². The van der Waals surface area contributed by atoms with Gasteiger partial charge in [-0.05, 0) is 34.1 Å². The quantitative estimate of drug-likeness (QED) is 0.341. The minimum absolute atomic E-state index is 0.151. The highest BCUT2D eigenvalue weighted by molar-refractivity contribution is 14.1. The summed E-state index contributed by atoms with van der Waals surface area (Å²) in [5, 5.41) is 10.6. The van der Waals surface area contributed by atoms with Gasteiger partial charge < -0.3 is 0 Å². The standard InChI is InChI=1S/C10H11BrINO2/c1-6(7(2)11)9-4-3-8(13(14)15)5-10(9)12/h3-7H,1-2H3. The van der Waals surface area contributed by atoms with E-state index in [1.165, 1.54) is 0 Å². The molecule has 0 saturated carbocycles. The normalized spacial score (nSPS) is 14.7. The zero-order valence-corrected chi connectivity index (χ0v) is 12.1. The van der Waals surface area contributed by atoms with Crippen LogP contribution in [-0.2, 0) is 0 Å². The van der Waals surface area contributed by atoms with Crippen LogP contribution in [0.1, 0.15) is 25.3 Å². The van der Waals surface area contributed by atoms with E-state index >= 15 is 0 Å². The number of non-ortho nitro benzene ring substituents is 1. The Labute approximate surface area is 111 Å². The smallest absolute Gasteiger partial charge is 0.258 e. The fourth-order valence-electron chi connectivity index (χ4n) is 1.25. The molecular formula is C10H11BrINO2. The predicted molar refractivity (Wildman–Crippen MR) is 72.6 cm³/mol. The Bertz CT molecular complexity index is 382. The van der Waals surface area contributed by atoms with Crippen molar-refractivity contribution < 1.29 is 4.92 Å². The highest BCUT2D eigenvalue weighted by Crippen LogP contribution is 2.30. The molecule has 0 aliphatic carbocycles. The molecule has 0 aliphatic rings. The van der Waals surface area contributed by atoms with Crippen LogP contribution in [0.15, 0.2) is 18.2 Å². The van der Waals surface area contributed by atoms with E-state index in [0.717, 1.165) is 9.13 Å². The lowest BCUT2D eigenvalue weighted by atomic mass is 9.98. The molecule has 3 nitrogen and oxygen atoms in total. The van der Waals surface area contributed by atoms with Crippen LogP contribution in [0, 0.1) is 13.7 Å². The second-order valence-electron chi connectivity index (χ2n) is 3.43. The van der Waals surface area contributed by atoms with Crippen molar-refractivity contribution in [2.45, 2.75) is 24.6 Å². The number of halogens is 2. The number of rotatable bonds is 3. The summed E-state index contributed by atoms with van der Waals surface area (Å²) in [6.45, 7) is 4.17. The van der Waals surface area contributed by atoms with E-state index in [1.807, 2.05) is 6.07 Å². The maximum absolute atomic E-state index is 10.6. The topological polar surface area (TPSA) is 43.1 Å². The Morgan fingerprint density at radius 2 is 2.07 bits per heavy atom. The van der Waals surface area contributed by atoms with Gasteiger partial charge in [-0.3, -0.25) is 10.1 Å². The number of hydrogen-bond acceptors (Lipinski definition) is 2. The Hall–Kier alpha value is -0.170. The molecule has 0 bridgehead atoms. The molecule has 5 heteroatoms. The first-order valence-corrected chi connectivity index (χ1v) is 6.51. The van der Waals surface area contributed by atoms with Gasteiger partial charge in [0.25, 0.3) is 5.69 Å². The van der Waals surface area contributed by atoms with Crippen molar-refractivity contribution in [1.82, 2.24) is 0 Å². The lowest BCUT2D eigenvalue weighted by molar-refractivity contribution is -0.385. The largest absolute Gasteiger partial charge is 0.270 e. The summed E-state index contributed by atoms with van der Waals surface area (Å²) in [4.78, 5) is 10.5. The summed E-state index contributed by atoms with van der Waals surface area (Å²) in [5.41, 5.74) is 1.29. The molecule has 15 heavy (non-hydrogen) atoms. The molecule has 2 atom stereocenters. The van der Waals surface area contributed by atoms with Crippen molar-refractivity contribution >= 4 is 44.2 Å². The van der Waals surface area contributed by atoms with Crippen molar-refractivity contribution in [3.8, 4) is 0 Å². The first-order valence-electron chi connectivity index (χ1n) is 4.51. The second-order valence-corrected chi connectivity index (χ2v) is 6.04. The van der Waals surface area contributed by atoms with Gasteiger partial charge in [0, 0.05) is 20.5 Å². The van der Waals surface area contributed by atoms with Crippen LogP contribution in [0.3, 0.4) is 0 Å². The van der Waals surface area contributed by atoms with E-state index in [1.54, 1.807) is 12.1 Å². The highest BCUT2D eigenvalue weighted by atomic mass is 127. The molecule has 0 N–H and O–H groups in total. The van der Waals surface area contributed by atoms with Gasteiger partial charge in [0.15, 0.2) is 0 Å². The third-order valence-electron chi connectivity index (χ3n) is 2.37. The number of nitro benzene ring substituents is 1. The third kappa shape index (κ3) is 3.14. The number of nitrogens with zero attached hydrogens (tertiary/aromatic N) is 1. The number of alkyl halides is 1. The fourth-order valence-corrected chi connectivity index (χ4v) is 2.52. The Morgan fingerprint density at radius 1 is 1.47 bits per heavy atom. The molecular weight excluding hydrogens is 373 g/mol. The zero-order chi connectivity index (χ0) is 11.6. The number of nitro groups is 1. The van der Waals surface area contributed by atoms with Crippen molar-refractivity contribution in [2.24, 2.45) is 0 Å². The lowest BCUT2D eigenvalue weighted by Crippen LogP contribution is -2.06. The van der Waals surface area contributed by atoms with Crippen LogP contribution >= 0.6 is 38.5 Å². The van der Waals surface area contributed by atoms with E-state index in [4.69, 9.17) is 0 Å². The first-order chi connectivity index (χ1) is 6.93. The van der Waals surface area contributed by atoms with E-state index in [2.05, 4.69) is 52.4 Å². The van der Waals surface area contributed by atoms with Crippen molar-refractivity contribution in [3.05, 3.63) is 37.4 Å². The highest BCUT2D eigenvalue weighted by Gasteiger charge is 2.16. The Kier molecular flexibility index (Phi) is 4.51. The summed E-state index contributed by atoms with van der Waals surface area (Å²) in [6.07, 6.45) is 0. The number of hydrogen-bond donors (Lipinski definition) is 0. The first kappa shape index (κ1) is 12.9. The van der Waals surface area contributed by atoms with Crippen LogP contribution < -0.4 is 0 Å². The van der Waals surface area contributed by atoms with Gasteiger partial charge in [-0.15, -0.1) is 0 Å². The van der Waals surface area contributed by atoms with Crippen molar-refractivity contribution in [2.75, 3.05) is 0 Å². The SMILES string of the molecule is CC(Br)C(C)c1ccc([N+](=O)[O-])cc1I. The van der Waals surface area contributed by atoms with Gasteiger partial charge >= 0.3 is 0 Å². The Morgan fingerprint density at radius 3 is 2.47 bits per heavy atom. The summed E-state index contributed by atoms with van der Waals surface area (Å²) in [7, 11) is 0. The third-order valence-corrected chi connectivity index (χ3v) is 4.10. The number of benzene rings is 1. The van der Waals surface area contributed by atoms with E-state index in [-0.39, 0.29) is 10.6 Å². The van der Waals surface area contributed by atoms with Gasteiger partial charge in [-0.2, -0.15) is 0 Å². The molecule has 0 radical (unpaired) electrons. The molecule has 1 aromatic rings. The van der Waals surface area contributed by atoms with Gasteiger partial charge in [0.2, 0.25) is 0 Å². The zero-order valence-electron chi connectivity index (χ0n) is 8.41. The van der Waals surface area contributed by atoms with E-state index in [0.29, 0.717) is 10.7 Å². The van der Waals surface area contributed by atoms with Crippen molar-refractivity contribution in [3.63, 3.8) is 0 Å². The second kappa shape index (κ2) is 5.25. The fraction of sp³-hybridized carbons (Fsp3) is 0.400. The molecule has 0 heterocycles. The summed E-state index contributed by atoms with van der Waals surface area (Å²) < 4.78 is 0.945. The van der Waals surface area contributed by atoms with E-state index < -0.39 is 0 Å². The van der Waals surface area contributed by atoms with Crippen LogP contribution in [0.25, 0.3) is 0 Å². The summed E-state index contributed by atoms with van der Waals surface area (Å²) in [6, 6.07) is 5.01. The van der Waals surface area contributed by atoms with Crippen LogP contribution in [0.2, 0.25) is 0 Å². The van der Waals surface area contributed by atoms with Crippen molar-refractivity contribution in [1.29, 1.82) is 0 Å². The minimum atomic E-state index is -0.367. The average molecular weight is 384 g/mol. The molecule has 0 aliphatic heterocycles. The van der Waals surface area contributed by atoms with Crippen LogP contribution in [0.4, 0.5) is 5.69 Å². The molecule has 82 valence electrons. The molecule has 0 amide bonds. The van der Waals surface area contributed by atoms with Gasteiger partial charge in [0.1, 0.15) is 0 Å². The summed E-state index contributed by atoms with van der Waals surface area (Å²) in [5.74, 6) is 0.345. The van der Waals surface area contributed by atoms with Gasteiger partial charge in [-0.25, -0.2) is 0 Å². The molecule has 0 fully saturated rings. The monoisotopic (exact) mass is 383 g/mol. The van der Waals surface area contributed by atoms with Gasteiger partial charge in [-0.1, -0.05) is 35.8 Å². The average Bonchev–Trinajstić information content (AvgIpc) is 2.16. The van der Waals surface area contributed by atoms with Crippen LogP contribution in [0.5, 0.6) is 0 Å². The molecule has 0 saturated heterocycles. The molecule has 0 spiro atoms. The molecule has 0 aromatic heterocycles. The molecule has 1 rings (SSSR count). The summed E-state index contributed by atoms with van der Waals surface area (Å²) >= 11 is 5.66. The Balaban J connectivity index is 3.08. The molecule has 1 aromatic carbocycles. The minimum Gasteiger partial charge on any atom is -0.258 e.